The molecule has 0 amide bonds. The van der Waals surface area contributed by atoms with E-state index in [9.17, 15) is 0 Å². The van der Waals surface area contributed by atoms with Gasteiger partial charge in [-0.05, 0) is 34.1 Å². The number of aromatic nitrogens is 2. The van der Waals surface area contributed by atoms with E-state index in [1.807, 2.05) is 10.9 Å². The second-order valence-corrected chi connectivity index (χ2v) is 6.77. The normalized spacial score (nSPS) is 11.3. The van der Waals surface area contributed by atoms with E-state index in [0.717, 1.165) is 13.1 Å². The number of thiophene rings is 1. The average molecular weight is 314 g/mol. The van der Waals surface area contributed by atoms with E-state index >= 15 is 0 Å². The predicted molar refractivity (Wildman–Crippen MR) is 75.3 cm³/mol. The van der Waals surface area contributed by atoms with Crippen LogP contribution in [-0.4, -0.2) is 15.8 Å². The Labute approximate surface area is 114 Å². The van der Waals surface area contributed by atoms with E-state index in [0.29, 0.717) is 6.04 Å². The summed E-state index contributed by atoms with van der Waals surface area (Å²) in [7, 11) is 0. The zero-order valence-corrected chi connectivity index (χ0v) is 12.4. The quantitative estimate of drug-likeness (QED) is 0.918. The zero-order valence-electron chi connectivity index (χ0n) is 9.98. The van der Waals surface area contributed by atoms with Crippen LogP contribution in [0.25, 0.3) is 0 Å². The van der Waals surface area contributed by atoms with Crippen molar-refractivity contribution in [2.24, 2.45) is 0 Å². The standard InChI is InChI=1S/C12H16BrN3S/c1-9(2)14-7-10-5-6-15-16(10)8-11-3-4-12(13)17-11/h3-6,9,14H,7-8H2,1-2H3. The molecule has 0 aliphatic carbocycles. The summed E-state index contributed by atoms with van der Waals surface area (Å²) in [5.74, 6) is 0. The molecule has 0 saturated carbocycles. The lowest BCUT2D eigenvalue weighted by molar-refractivity contribution is 0.548. The molecule has 2 rings (SSSR count). The number of rotatable bonds is 5. The molecule has 0 bridgehead atoms. The van der Waals surface area contributed by atoms with Crippen molar-refractivity contribution >= 4 is 27.3 Å². The van der Waals surface area contributed by atoms with Crippen LogP contribution >= 0.6 is 27.3 Å². The summed E-state index contributed by atoms with van der Waals surface area (Å²) in [6, 6.07) is 6.78. The van der Waals surface area contributed by atoms with Crippen molar-refractivity contribution < 1.29 is 0 Å². The van der Waals surface area contributed by atoms with Crippen molar-refractivity contribution in [3.8, 4) is 0 Å². The van der Waals surface area contributed by atoms with E-state index in [-0.39, 0.29) is 0 Å². The van der Waals surface area contributed by atoms with Crippen LogP contribution in [-0.2, 0) is 13.1 Å². The van der Waals surface area contributed by atoms with Gasteiger partial charge in [0.05, 0.1) is 16.0 Å². The molecule has 5 heteroatoms. The fourth-order valence-electron chi connectivity index (χ4n) is 1.55. The van der Waals surface area contributed by atoms with Crippen LogP contribution in [0.4, 0.5) is 0 Å². The molecule has 0 aromatic carbocycles. The highest BCUT2D eigenvalue weighted by Crippen LogP contribution is 2.22. The van der Waals surface area contributed by atoms with Crippen molar-refractivity contribution in [2.45, 2.75) is 33.0 Å². The molecule has 0 unspecified atom stereocenters. The molecule has 2 heterocycles. The minimum Gasteiger partial charge on any atom is -0.309 e. The number of hydrogen-bond acceptors (Lipinski definition) is 3. The Morgan fingerprint density at radius 1 is 1.41 bits per heavy atom. The molecule has 1 N–H and O–H groups in total. The Morgan fingerprint density at radius 2 is 2.24 bits per heavy atom. The van der Waals surface area contributed by atoms with Crippen LogP contribution in [0.15, 0.2) is 28.2 Å². The summed E-state index contributed by atoms with van der Waals surface area (Å²) in [6.07, 6.45) is 1.86. The summed E-state index contributed by atoms with van der Waals surface area (Å²) in [6.45, 7) is 6.01. The van der Waals surface area contributed by atoms with E-state index in [1.165, 1.54) is 14.4 Å². The lowest BCUT2D eigenvalue weighted by Gasteiger charge is -2.10. The topological polar surface area (TPSA) is 29.9 Å². The van der Waals surface area contributed by atoms with Crippen LogP contribution in [0, 0.1) is 0 Å². The summed E-state index contributed by atoms with van der Waals surface area (Å²) in [5.41, 5.74) is 1.23. The molecule has 92 valence electrons. The first-order chi connectivity index (χ1) is 8.15. The van der Waals surface area contributed by atoms with Crippen LogP contribution in [0.2, 0.25) is 0 Å². The summed E-state index contributed by atoms with van der Waals surface area (Å²) < 4.78 is 3.22. The Bertz CT molecular complexity index is 476. The maximum absolute atomic E-state index is 4.37. The molecule has 0 fully saturated rings. The van der Waals surface area contributed by atoms with Gasteiger partial charge in [-0.2, -0.15) is 5.10 Å². The van der Waals surface area contributed by atoms with Gasteiger partial charge < -0.3 is 5.32 Å². The first-order valence-electron chi connectivity index (χ1n) is 5.63. The third-order valence-electron chi connectivity index (χ3n) is 2.43. The lowest BCUT2D eigenvalue weighted by atomic mass is 10.3. The maximum Gasteiger partial charge on any atom is 0.0756 e. The Hall–Kier alpha value is -0.650. The molecule has 2 aromatic heterocycles. The van der Waals surface area contributed by atoms with Gasteiger partial charge in [-0.3, -0.25) is 4.68 Å². The van der Waals surface area contributed by atoms with Gasteiger partial charge in [0.15, 0.2) is 0 Å². The number of hydrogen-bond donors (Lipinski definition) is 1. The van der Waals surface area contributed by atoms with Crippen molar-refractivity contribution in [1.82, 2.24) is 15.1 Å². The Kier molecular flexibility index (Phi) is 4.36. The molecule has 17 heavy (non-hydrogen) atoms. The number of halogens is 1. The maximum atomic E-state index is 4.37. The van der Waals surface area contributed by atoms with E-state index in [1.54, 1.807) is 11.3 Å². The van der Waals surface area contributed by atoms with Gasteiger partial charge in [-0.15, -0.1) is 11.3 Å². The molecule has 0 saturated heterocycles. The summed E-state index contributed by atoms with van der Waals surface area (Å²) >= 11 is 5.24. The molecule has 0 aliphatic heterocycles. The molecule has 0 radical (unpaired) electrons. The highest BCUT2D eigenvalue weighted by atomic mass is 79.9. The Balaban J connectivity index is 2.03. The fourth-order valence-corrected chi connectivity index (χ4v) is 3.01. The third kappa shape index (κ3) is 3.66. The van der Waals surface area contributed by atoms with Gasteiger partial charge in [0.25, 0.3) is 0 Å². The van der Waals surface area contributed by atoms with Gasteiger partial charge in [0, 0.05) is 23.7 Å². The molecular weight excluding hydrogens is 298 g/mol. The minimum atomic E-state index is 0.495. The fraction of sp³-hybridized carbons (Fsp3) is 0.417. The van der Waals surface area contributed by atoms with Gasteiger partial charge in [0.2, 0.25) is 0 Å². The van der Waals surface area contributed by atoms with Gasteiger partial charge in [-0.25, -0.2) is 0 Å². The molecule has 0 aliphatic rings. The average Bonchev–Trinajstić information content (AvgIpc) is 2.86. The van der Waals surface area contributed by atoms with Gasteiger partial charge in [0.1, 0.15) is 0 Å². The minimum absolute atomic E-state index is 0.495. The molecular formula is C12H16BrN3S. The van der Waals surface area contributed by atoms with Crippen molar-refractivity contribution in [3.63, 3.8) is 0 Å². The van der Waals surface area contributed by atoms with Crippen LogP contribution in [0.5, 0.6) is 0 Å². The van der Waals surface area contributed by atoms with Crippen molar-refractivity contribution in [1.29, 1.82) is 0 Å². The number of nitrogens with one attached hydrogen (secondary N) is 1. The first-order valence-corrected chi connectivity index (χ1v) is 7.24. The molecule has 3 nitrogen and oxygen atoms in total. The largest absolute Gasteiger partial charge is 0.309 e. The Morgan fingerprint density at radius 3 is 2.88 bits per heavy atom. The number of nitrogens with zero attached hydrogens (tertiary/aromatic N) is 2. The highest BCUT2D eigenvalue weighted by Gasteiger charge is 2.05. The smallest absolute Gasteiger partial charge is 0.0756 e. The first kappa shape index (κ1) is 12.8. The highest BCUT2D eigenvalue weighted by molar-refractivity contribution is 9.11. The lowest BCUT2D eigenvalue weighted by Crippen LogP contribution is -2.23. The van der Waals surface area contributed by atoms with Crippen molar-refractivity contribution in [3.05, 3.63) is 38.8 Å². The third-order valence-corrected chi connectivity index (χ3v) is 4.04. The van der Waals surface area contributed by atoms with E-state index < -0.39 is 0 Å². The van der Waals surface area contributed by atoms with E-state index in [2.05, 4.69) is 58.4 Å². The van der Waals surface area contributed by atoms with Crippen LogP contribution < -0.4 is 5.32 Å². The van der Waals surface area contributed by atoms with Gasteiger partial charge in [-0.1, -0.05) is 13.8 Å². The molecule has 0 spiro atoms. The second kappa shape index (κ2) is 5.80. The second-order valence-electron chi connectivity index (χ2n) is 4.22. The SMILES string of the molecule is CC(C)NCc1ccnn1Cc1ccc(Br)s1. The van der Waals surface area contributed by atoms with Crippen LogP contribution in [0.3, 0.4) is 0 Å². The predicted octanol–water partition coefficient (Wildman–Crippen LogP) is 3.25. The van der Waals surface area contributed by atoms with Gasteiger partial charge >= 0.3 is 0 Å². The van der Waals surface area contributed by atoms with E-state index in [4.69, 9.17) is 0 Å². The summed E-state index contributed by atoms with van der Waals surface area (Å²) in [5, 5.41) is 7.78. The van der Waals surface area contributed by atoms with Crippen LogP contribution in [0.1, 0.15) is 24.4 Å². The summed E-state index contributed by atoms with van der Waals surface area (Å²) in [4.78, 5) is 1.31. The molecule has 2 aromatic rings. The molecule has 0 atom stereocenters. The monoisotopic (exact) mass is 313 g/mol. The van der Waals surface area contributed by atoms with Crippen molar-refractivity contribution in [2.75, 3.05) is 0 Å². The zero-order chi connectivity index (χ0) is 12.3.